The zero-order valence-electron chi connectivity index (χ0n) is 29.7. The molecule has 4 nitrogen and oxygen atoms in total. The van der Waals surface area contributed by atoms with Crippen LogP contribution in [-0.2, 0) is 9.59 Å². The Morgan fingerprint density at radius 1 is 0.625 bits per heavy atom. The summed E-state index contributed by atoms with van der Waals surface area (Å²) >= 11 is 0. The van der Waals surface area contributed by atoms with Crippen LogP contribution in [0.25, 0.3) is 0 Å². The van der Waals surface area contributed by atoms with Gasteiger partial charge in [0, 0.05) is 6.42 Å². The van der Waals surface area contributed by atoms with Crippen LogP contribution in [-0.4, -0.2) is 28.3 Å². The third-order valence-electron chi connectivity index (χ3n) is 9.94. The summed E-state index contributed by atoms with van der Waals surface area (Å²) in [6.45, 7) is 4.65. The van der Waals surface area contributed by atoms with Crippen molar-refractivity contribution in [2.45, 2.75) is 129 Å². The van der Waals surface area contributed by atoms with E-state index in [1.807, 2.05) is 0 Å². The molecule has 0 heterocycles. The van der Waals surface area contributed by atoms with Crippen LogP contribution in [0.1, 0.15) is 134 Å². The Kier molecular flexibility index (Phi) is 18.3. The number of rotatable bonds is 25. The molecule has 1 atom stereocenters. The Morgan fingerprint density at radius 2 is 1.17 bits per heavy atom. The first-order chi connectivity index (χ1) is 23.4. The Bertz CT molecular complexity index is 1330. The van der Waals surface area contributed by atoms with Gasteiger partial charge in [-0.05, 0) is 6.42 Å². The second kappa shape index (κ2) is 22.4. The second-order valence-electron chi connectivity index (χ2n) is 13.7. The van der Waals surface area contributed by atoms with Crippen LogP contribution in [0.5, 0.6) is 0 Å². The molecule has 5 heteroatoms. The van der Waals surface area contributed by atoms with Crippen molar-refractivity contribution in [3.8, 4) is 0 Å². The van der Waals surface area contributed by atoms with Gasteiger partial charge in [0.2, 0.25) is 0 Å². The van der Waals surface area contributed by atoms with E-state index in [1.165, 1.54) is 53.6 Å². The van der Waals surface area contributed by atoms with Gasteiger partial charge in [-0.3, -0.25) is 4.79 Å². The van der Waals surface area contributed by atoms with Crippen molar-refractivity contribution in [2.24, 2.45) is 0 Å². The van der Waals surface area contributed by atoms with Crippen LogP contribution < -0.4 is 15.9 Å². The van der Waals surface area contributed by atoms with E-state index in [4.69, 9.17) is 10.2 Å². The topological polar surface area (TPSA) is 74.6 Å². The molecule has 0 bridgehead atoms. The van der Waals surface area contributed by atoms with Gasteiger partial charge < -0.3 is 5.11 Å². The van der Waals surface area contributed by atoms with Crippen LogP contribution in [0.2, 0.25) is 0 Å². The predicted molar refractivity (Wildman–Crippen MR) is 207 cm³/mol. The number of allylic oxidation sites excluding steroid dienone is 2. The van der Waals surface area contributed by atoms with Gasteiger partial charge in [0.1, 0.15) is 0 Å². The molecule has 0 amide bonds. The van der Waals surface area contributed by atoms with Gasteiger partial charge in [0.05, 0.1) is 0 Å². The monoisotopic (exact) mass is 672 g/mol. The summed E-state index contributed by atoms with van der Waals surface area (Å²) in [4.78, 5) is 21.9. The molecule has 0 saturated carbocycles. The Labute approximate surface area is 291 Å². The van der Waals surface area contributed by atoms with Gasteiger partial charge in [0.15, 0.2) is 0 Å². The second-order valence-corrected chi connectivity index (χ2v) is 17.7. The van der Waals surface area contributed by atoms with Crippen molar-refractivity contribution in [3.63, 3.8) is 0 Å². The first-order valence-corrected chi connectivity index (χ1v) is 20.9. The molecule has 1 unspecified atom stereocenters. The standard InChI is InChI=1S/C43H61O4P/c1-3-4-11-23-37(24-12-5-6-17-32-42(44)45)25-20-22-36(2)38-26-21-31-41(35-38)48(39-27-13-9-14-28-39,40-29-15-10-16-30-40)34-19-8-7-18-33-43(46)47/h9-10,13-16,21,24,26-31,35-36,48H,3-8,11-12,17-20,22-23,25,32-34H2,1-2H3,(H,44,45)(H,46,47)/b37-24-. The summed E-state index contributed by atoms with van der Waals surface area (Å²) in [6, 6.07) is 31.8. The summed E-state index contributed by atoms with van der Waals surface area (Å²) in [7, 11) is -2.34. The summed E-state index contributed by atoms with van der Waals surface area (Å²) in [5.74, 6) is -0.928. The molecule has 0 aliphatic carbocycles. The zero-order valence-corrected chi connectivity index (χ0v) is 30.7. The normalized spacial score (nSPS) is 12.9. The number of unbranched alkanes of at least 4 members (excludes halogenated alkanes) is 8. The van der Waals surface area contributed by atoms with Gasteiger partial charge in [0.25, 0.3) is 0 Å². The molecule has 2 N–H and O–H groups in total. The first-order valence-electron chi connectivity index (χ1n) is 18.7. The summed E-state index contributed by atoms with van der Waals surface area (Å²) in [6.07, 6.45) is 20.3. The third kappa shape index (κ3) is 13.3. The fourth-order valence-electron chi connectivity index (χ4n) is 7.15. The fraction of sp³-hybridized carbons (Fsp3) is 0.488. The number of carboxylic acid groups (broad SMARTS) is 2. The van der Waals surface area contributed by atoms with Crippen LogP contribution in [0.4, 0.5) is 0 Å². The van der Waals surface area contributed by atoms with Crippen molar-refractivity contribution < 1.29 is 19.8 Å². The molecular formula is C43H61O4P. The molecule has 0 aromatic heterocycles. The quantitative estimate of drug-likeness (QED) is 0.0534. The van der Waals surface area contributed by atoms with E-state index in [-0.39, 0.29) is 12.8 Å². The van der Waals surface area contributed by atoms with Crippen LogP contribution in [0.15, 0.2) is 96.6 Å². The van der Waals surface area contributed by atoms with Crippen LogP contribution in [0.3, 0.4) is 0 Å². The van der Waals surface area contributed by atoms with Crippen molar-refractivity contribution in [1.29, 1.82) is 0 Å². The van der Waals surface area contributed by atoms with E-state index in [0.29, 0.717) is 5.92 Å². The summed E-state index contributed by atoms with van der Waals surface area (Å²) < 4.78 is 0. The Morgan fingerprint density at radius 3 is 1.77 bits per heavy atom. The number of carbonyl (C=O) groups is 2. The molecule has 48 heavy (non-hydrogen) atoms. The molecule has 0 spiro atoms. The van der Waals surface area contributed by atoms with Crippen LogP contribution >= 0.6 is 7.26 Å². The number of hydrogen-bond donors (Lipinski definition) is 2. The molecule has 0 fully saturated rings. The van der Waals surface area contributed by atoms with Crippen molar-refractivity contribution in [3.05, 3.63) is 102 Å². The van der Waals surface area contributed by atoms with Gasteiger partial charge in [-0.1, -0.05) is 6.92 Å². The number of carboxylic acids is 2. The van der Waals surface area contributed by atoms with E-state index in [1.54, 1.807) is 5.57 Å². The maximum atomic E-state index is 11.1. The van der Waals surface area contributed by atoms with Crippen molar-refractivity contribution in [2.75, 3.05) is 6.16 Å². The van der Waals surface area contributed by atoms with E-state index in [0.717, 1.165) is 70.4 Å². The molecule has 0 aliphatic rings. The van der Waals surface area contributed by atoms with E-state index < -0.39 is 19.2 Å². The summed E-state index contributed by atoms with van der Waals surface area (Å²) in [5.41, 5.74) is 3.01. The molecule has 3 aromatic carbocycles. The van der Waals surface area contributed by atoms with Gasteiger partial charge >= 0.3 is 262 Å². The molecule has 0 saturated heterocycles. The van der Waals surface area contributed by atoms with E-state index in [2.05, 4.69) is 105 Å². The zero-order chi connectivity index (χ0) is 34.5. The number of hydrogen-bond acceptors (Lipinski definition) is 2. The molecule has 3 rings (SSSR count). The maximum absolute atomic E-state index is 11.1. The molecule has 0 radical (unpaired) electrons. The molecule has 3 aromatic rings. The summed E-state index contributed by atoms with van der Waals surface area (Å²) in [5, 5.41) is 22.4. The van der Waals surface area contributed by atoms with Crippen molar-refractivity contribution >= 4 is 35.1 Å². The van der Waals surface area contributed by atoms with E-state index in [9.17, 15) is 9.59 Å². The average molecular weight is 673 g/mol. The minimum atomic E-state index is -2.34. The van der Waals surface area contributed by atoms with Gasteiger partial charge in [-0.15, -0.1) is 0 Å². The number of benzene rings is 3. The molecule has 0 aliphatic heterocycles. The van der Waals surface area contributed by atoms with E-state index >= 15 is 0 Å². The Balaban J connectivity index is 1.77. The molecule has 262 valence electrons. The minimum absolute atomic E-state index is 0.254. The predicted octanol–water partition coefficient (Wildman–Crippen LogP) is 10.6. The molecular weight excluding hydrogens is 611 g/mol. The fourth-order valence-corrected chi connectivity index (χ4v) is 12.1. The van der Waals surface area contributed by atoms with Crippen LogP contribution in [0, 0.1) is 0 Å². The first kappa shape index (κ1) is 39.2. The third-order valence-corrected chi connectivity index (χ3v) is 15.0. The Hall–Kier alpha value is -3.23. The van der Waals surface area contributed by atoms with Gasteiger partial charge in [-0.2, -0.15) is 0 Å². The van der Waals surface area contributed by atoms with Gasteiger partial charge in [-0.25, -0.2) is 0 Å². The average Bonchev–Trinajstić information content (AvgIpc) is 3.10. The van der Waals surface area contributed by atoms with Crippen molar-refractivity contribution in [1.82, 2.24) is 0 Å². The number of aliphatic carboxylic acids is 2. The SMILES string of the molecule is CCCCC/C(=C/CCCCCC(=O)O)CCCC(C)c1cccc([PH](CCCCCCC(=O)O)(c2ccccc2)c2ccccc2)c1.